The van der Waals surface area contributed by atoms with Crippen LogP contribution in [-0.2, 0) is 11.3 Å². The fourth-order valence-corrected chi connectivity index (χ4v) is 3.87. The molecule has 0 bridgehead atoms. The van der Waals surface area contributed by atoms with E-state index >= 15 is 0 Å². The Bertz CT molecular complexity index is 484. The molecule has 1 aromatic carbocycles. The molecule has 0 aliphatic carbocycles. The van der Waals surface area contributed by atoms with Crippen molar-refractivity contribution < 1.29 is 14.6 Å². The zero-order valence-corrected chi connectivity index (χ0v) is 14.8. The lowest BCUT2D eigenvalue weighted by Crippen LogP contribution is -2.45. The highest BCUT2D eigenvalue weighted by Crippen LogP contribution is 2.33. The van der Waals surface area contributed by atoms with Crippen molar-refractivity contribution in [2.45, 2.75) is 31.6 Å². The van der Waals surface area contributed by atoms with Gasteiger partial charge in [-0.2, -0.15) is 0 Å². The van der Waals surface area contributed by atoms with Gasteiger partial charge < -0.3 is 19.9 Å². The minimum atomic E-state index is -0.781. The van der Waals surface area contributed by atoms with Crippen LogP contribution in [0.3, 0.4) is 0 Å². The Morgan fingerprint density at radius 3 is 2.85 bits per heavy atom. The summed E-state index contributed by atoms with van der Waals surface area (Å²) >= 11 is 6.96. The molecule has 1 saturated heterocycles. The average Bonchev–Trinajstić information content (AvgIpc) is 2.69. The highest BCUT2D eigenvalue weighted by molar-refractivity contribution is 9.11. The van der Waals surface area contributed by atoms with Crippen LogP contribution in [0.15, 0.2) is 21.1 Å². The SMILES string of the molecule is COc1c(Br)cc(Br)cc1CNCC1(O)CCOC1C. The largest absolute Gasteiger partial charge is 0.495 e. The summed E-state index contributed by atoms with van der Waals surface area (Å²) in [6.45, 7) is 3.65. The van der Waals surface area contributed by atoms with E-state index in [9.17, 15) is 5.11 Å². The predicted molar refractivity (Wildman–Crippen MR) is 85.1 cm³/mol. The summed E-state index contributed by atoms with van der Waals surface area (Å²) < 4.78 is 12.7. The number of halogens is 2. The van der Waals surface area contributed by atoms with Crippen LogP contribution in [-0.4, -0.2) is 37.1 Å². The molecule has 0 spiro atoms. The molecule has 0 aromatic heterocycles. The van der Waals surface area contributed by atoms with Crippen molar-refractivity contribution in [3.63, 3.8) is 0 Å². The van der Waals surface area contributed by atoms with Crippen LogP contribution < -0.4 is 10.1 Å². The van der Waals surface area contributed by atoms with E-state index in [-0.39, 0.29) is 6.10 Å². The van der Waals surface area contributed by atoms with Crippen LogP contribution in [0.5, 0.6) is 5.75 Å². The second kappa shape index (κ2) is 6.75. The maximum Gasteiger partial charge on any atom is 0.137 e. The lowest BCUT2D eigenvalue weighted by molar-refractivity contribution is -0.0263. The average molecular weight is 409 g/mol. The highest BCUT2D eigenvalue weighted by atomic mass is 79.9. The quantitative estimate of drug-likeness (QED) is 0.786. The molecule has 20 heavy (non-hydrogen) atoms. The molecule has 0 radical (unpaired) electrons. The lowest BCUT2D eigenvalue weighted by Gasteiger charge is -2.26. The van der Waals surface area contributed by atoms with Gasteiger partial charge in [-0.25, -0.2) is 0 Å². The van der Waals surface area contributed by atoms with Crippen molar-refractivity contribution in [1.29, 1.82) is 0 Å². The number of aliphatic hydroxyl groups is 1. The molecule has 2 unspecified atom stereocenters. The second-order valence-electron chi connectivity index (χ2n) is 5.05. The molecule has 0 saturated carbocycles. The van der Waals surface area contributed by atoms with E-state index in [4.69, 9.17) is 9.47 Å². The Kier molecular flexibility index (Phi) is 5.48. The van der Waals surface area contributed by atoms with E-state index in [1.165, 1.54) is 0 Å². The number of methoxy groups -OCH3 is 1. The van der Waals surface area contributed by atoms with Gasteiger partial charge in [-0.1, -0.05) is 15.9 Å². The standard InChI is InChI=1S/C14H19Br2NO3/c1-9-14(18,3-4-20-9)8-17-7-10-5-11(15)6-12(16)13(10)19-2/h5-6,9,17-18H,3-4,7-8H2,1-2H3. The van der Waals surface area contributed by atoms with Gasteiger partial charge in [0.25, 0.3) is 0 Å². The summed E-state index contributed by atoms with van der Waals surface area (Å²) in [5.41, 5.74) is 0.250. The number of benzene rings is 1. The van der Waals surface area contributed by atoms with Crippen molar-refractivity contribution in [3.05, 3.63) is 26.6 Å². The van der Waals surface area contributed by atoms with Gasteiger partial charge in [0.1, 0.15) is 11.4 Å². The minimum Gasteiger partial charge on any atom is -0.495 e. The van der Waals surface area contributed by atoms with Crippen LogP contribution in [0.4, 0.5) is 0 Å². The van der Waals surface area contributed by atoms with E-state index in [2.05, 4.69) is 37.2 Å². The fourth-order valence-electron chi connectivity index (χ4n) is 2.39. The first-order valence-electron chi connectivity index (χ1n) is 6.53. The van der Waals surface area contributed by atoms with E-state index in [1.807, 2.05) is 19.1 Å². The molecule has 1 aromatic rings. The molecule has 2 rings (SSSR count). The lowest BCUT2D eigenvalue weighted by atomic mass is 9.96. The van der Waals surface area contributed by atoms with Crippen LogP contribution in [0, 0.1) is 0 Å². The van der Waals surface area contributed by atoms with Crippen molar-refractivity contribution >= 4 is 31.9 Å². The van der Waals surface area contributed by atoms with E-state index in [1.54, 1.807) is 7.11 Å². The summed E-state index contributed by atoms with van der Waals surface area (Å²) in [4.78, 5) is 0. The molecule has 1 aliphatic heterocycles. The first kappa shape index (κ1) is 16.2. The molecule has 1 fully saturated rings. The number of nitrogens with one attached hydrogen (secondary N) is 1. The molecule has 1 aliphatic rings. The van der Waals surface area contributed by atoms with Gasteiger partial charge in [-0.15, -0.1) is 0 Å². The Hall–Kier alpha value is -0.140. The molecule has 2 atom stereocenters. The first-order valence-corrected chi connectivity index (χ1v) is 8.11. The van der Waals surface area contributed by atoms with Crippen LogP contribution >= 0.6 is 31.9 Å². The maximum absolute atomic E-state index is 10.4. The van der Waals surface area contributed by atoms with Crippen molar-refractivity contribution in [2.75, 3.05) is 20.3 Å². The zero-order chi connectivity index (χ0) is 14.8. The Labute approximate surface area is 136 Å². The molecule has 1 heterocycles. The Balaban J connectivity index is 2.01. The minimum absolute atomic E-state index is 0.133. The zero-order valence-electron chi connectivity index (χ0n) is 11.6. The van der Waals surface area contributed by atoms with Gasteiger partial charge in [0.05, 0.1) is 17.7 Å². The molecule has 4 nitrogen and oxygen atoms in total. The summed E-state index contributed by atoms with van der Waals surface area (Å²) in [7, 11) is 1.65. The number of hydrogen-bond donors (Lipinski definition) is 2. The normalized spacial score (nSPS) is 25.9. The third-order valence-corrected chi connectivity index (χ3v) is 4.74. The van der Waals surface area contributed by atoms with Gasteiger partial charge in [0.15, 0.2) is 0 Å². The third-order valence-electron chi connectivity index (χ3n) is 3.70. The van der Waals surface area contributed by atoms with Crippen molar-refractivity contribution in [1.82, 2.24) is 5.32 Å². The van der Waals surface area contributed by atoms with Gasteiger partial charge in [-0.3, -0.25) is 0 Å². The molecule has 6 heteroatoms. The molecule has 112 valence electrons. The summed E-state index contributed by atoms with van der Waals surface area (Å²) in [5.74, 6) is 0.809. The second-order valence-corrected chi connectivity index (χ2v) is 6.82. The Morgan fingerprint density at radius 1 is 1.50 bits per heavy atom. The first-order chi connectivity index (χ1) is 9.46. The van der Waals surface area contributed by atoms with E-state index < -0.39 is 5.60 Å². The number of ether oxygens (including phenoxy) is 2. The van der Waals surface area contributed by atoms with Crippen molar-refractivity contribution in [3.8, 4) is 5.75 Å². The summed E-state index contributed by atoms with van der Waals surface area (Å²) in [5, 5.41) is 13.7. The predicted octanol–water partition coefficient (Wildman–Crippen LogP) is 2.85. The number of rotatable bonds is 5. The van der Waals surface area contributed by atoms with Crippen LogP contribution in [0.1, 0.15) is 18.9 Å². The molecular formula is C14H19Br2NO3. The third kappa shape index (κ3) is 3.54. The smallest absolute Gasteiger partial charge is 0.137 e. The molecular weight excluding hydrogens is 390 g/mol. The topological polar surface area (TPSA) is 50.7 Å². The monoisotopic (exact) mass is 407 g/mol. The van der Waals surface area contributed by atoms with E-state index in [0.717, 1.165) is 20.3 Å². The van der Waals surface area contributed by atoms with Crippen molar-refractivity contribution in [2.24, 2.45) is 0 Å². The van der Waals surface area contributed by atoms with Gasteiger partial charge in [0.2, 0.25) is 0 Å². The summed E-state index contributed by atoms with van der Waals surface area (Å²) in [6.07, 6.45) is 0.534. The van der Waals surface area contributed by atoms with Gasteiger partial charge in [0, 0.05) is 36.2 Å². The maximum atomic E-state index is 10.4. The van der Waals surface area contributed by atoms with Gasteiger partial charge in [-0.05, 0) is 35.0 Å². The molecule has 2 N–H and O–H groups in total. The molecule has 0 amide bonds. The van der Waals surface area contributed by atoms with Gasteiger partial charge >= 0.3 is 0 Å². The van der Waals surface area contributed by atoms with Crippen LogP contribution in [0.25, 0.3) is 0 Å². The number of hydrogen-bond acceptors (Lipinski definition) is 4. The Morgan fingerprint density at radius 2 is 2.25 bits per heavy atom. The fraction of sp³-hybridized carbons (Fsp3) is 0.571. The summed E-state index contributed by atoms with van der Waals surface area (Å²) in [6, 6.07) is 3.96. The highest BCUT2D eigenvalue weighted by Gasteiger charge is 2.38. The van der Waals surface area contributed by atoms with E-state index in [0.29, 0.717) is 26.1 Å². The van der Waals surface area contributed by atoms with Crippen LogP contribution in [0.2, 0.25) is 0 Å².